The Labute approximate surface area is 139 Å². The van der Waals surface area contributed by atoms with Crippen molar-refractivity contribution in [1.29, 1.82) is 0 Å². The molecule has 1 amide bonds. The Morgan fingerprint density at radius 2 is 1.86 bits per heavy atom. The molecule has 0 radical (unpaired) electrons. The number of sulfonamides is 1. The highest BCUT2D eigenvalue weighted by molar-refractivity contribution is 7.89. The van der Waals surface area contributed by atoms with E-state index in [1.54, 1.807) is 12.0 Å². The fourth-order valence-electron chi connectivity index (χ4n) is 2.37. The van der Waals surface area contributed by atoms with Gasteiger partial charge in [-0.25, -0.2) is 8.42 Å². The number of methoxy groups -OCH3 is 1. The smallest absolute Gasteiger partial charge is 0.239 e. The maximum absolute atomic E-state index is 12.1. The van der Waals surface area contributed by atoms with Crippen molar-refractivity contribution in [3.8, 4) is 0 Å². The lowest BCUT2D eigenvalue weighted by Gasteiger charge is -2.35. The lowest BCUT2D eigenvalue weighted by molar-refractivity contribution is -0.133. The average molecular weight is 358 g/mol. The Hall–Kier alpha value is -0.410. The van der Waals surface area contributed by atoms with E-state index in [2.05, 4.69) is 0 Å². The number of ether oxygens (including phenoxy) is 1. The van der Waals surface area contributed by atoms with Crippen LogP contribution >= 0.6 is 12.4 Å². The molecule has 9 heteroatoms. The van der Waals surface area contributed by atoms with Gasteiger partial charge in [0.1, 0.15) is 0 Å². The minimum absolute atomic E-state index is 0. The highest BCUT2D eigenvalue weighted by Crippen LogP contribution is 2.11. The number of rotatable bonds is 8. The van der Waals surface area contributed by atoms with E-state index < -0.39 is 16.1 Å². The molecule has 1 atom stereocenters. The normalized spacial score (nSPS) is 17.9. The molecule has 1 aliphatic heterocycles. The standard InChI is InChI=1S/C13H27N3O4S.ClH/c1-3-5-12(14)13(17)15-6-8-16(9-7-15)21(18,19)11-4-10-20-2;/h12H,3-11,14H2,1-2H3;1H. The van der Waals surface area contributed by atoms with Crippen molar-refractivity contribution in [2.45, 2.75) is 32.2 Å². The van der Waals surface area contributed by atoms with E-state index in [0.29, 0.717) is 45.6 Å². The first-order valence-corrected chi connectivity index (χ1v) is 9.04. The van der Waals surface area contributed by atoms with Crippen molar-refractivity contribution >= 4 is 28.3 Å². The lowest BCUT2D eigenvalue weighted by Crippen LogP contribution is -2.54. The molecular formula is C13H28ClN3O4S. The quantitative estimate of drug-likeness (QED) is 0.619. The second-order valence-electron chi connectivity index (χ2n) is 5.28. The maximum Gasteiger partial charge on any atom is 0.239 e. The van der Waals surface area contributed by atoms with Crippen LogP contribution in [0.4, 0.5) is 0 Å². The van der Waals surface area contributed by atoms with Crippen LogP contribution < -0.4 is 5.73 Å². The van der Waals surface area contributed by atoms with Crippen molar-refractivity contribution in [2.24, 2.45) is 5.73 Å². The lowest BCUT2D eigenvalue weighted by atomic mass is 10.1. The third kappa shape index (κ3) is 6.37. The first-order chi connectivity index (χ1) is 9.92. The SMILES string of the molecule is CCCC(N)C(=O)N1CCN(S(=O)(=O)CCCOC)CC1.Cl. The number of hydrogen-bond acceptors (Lipinski definition) is 5. The van der Waals surface area contributed by atoms with Crippen molar-refractivity contribution in [3.63, 3.8) is 0 Å². The van der Waals surface area contributed by atoms with Gasteiger partial charge in [0.15, 0.2) is 0 Å². The highest BCUT2D eigenvalue weighted by atomic mass is 35.5. The second kappa shape index (κ2) is 10.4. The minimum Gasteiger partial charge on any atom is -0.385 e. The summed E-state index contributed by atoms with van der Waals surface area (Å²) in [4.78, 5) is 13.7. The van der Waals surface area contributed by atoms with E-state index in [-0.39, 0.29) is 24.1 Å². The summed E-state index contributed by atoms with van der Waals surface area (Å²) >= 11 is 0. The van der Waals surface area contributed by atoms with Gasteiger partial charge in [-0.15, -0.1) is 12.4 Å². The van der Waals surface area contributed by atoms with Crippen molar-refractivity contribution in [2.75, 3.05) is 45.6 Å². The van der Waals surface area contributed by atoms with Crippen molar-refractivity contribution in [3.05, 3.63) is 0 Å². The van der Waals surface area contributed by atoms with Gasteiger partial charge in [0.2, 0.25) is 15.9 Å². The van der Waals surface area contributed by atoms with E-state index in [4.69, 9.17) is 10.5 Å². The number of amides is 1. The maximum atomic E-state index is 12.1. The summed E-state index contributed by atoms with van der Waals surface area (Å²) in [6.45, 7) is 3.94. The fourth-order valence-corrected chi connectivity index (χ4v) is 3.83. The number of nitrogens with zero attached hydrogens (tertiary/aromatic N) is 2. The van der Waals surface area contributed by atoms with Gasteiger partial charge in [0.25, 0.3) is 0 Å². The zero-order valence-corrected chi connectivity index (χ0v) is 15.0. The molecule has 2 N–H and O–H groups in total. The first-order valence-electron chi connectivity index (χ1n) is 7.43. The van der Waals surface area contributed by atoms with Crippen LogP contribution in [-0.2, 0) is 19.6 Å². The molecule has 132 valence electrons. The first kappa shape index (κ1) is 21.6. The predicted octanol–water partition coefficient (Wildman–Crippen LogP) is 0.0461. The molecule has 0 saturated carbocycles. The second-order valence-corrected chi connectivity index (χ2v) is 7.37. The molecule has 0 bridgehead atoms. The third-order valence-corrected chi connectivity index (χ3v) is 5.57. The summed E-state index contributed by atoms with van der Waals surface area (Å²) < 4.78 is 30.6. The summed E-state index contributed by atoms with van der Waals surface area (Å²) in [5.74, 6) is 0.0118. The van der Waals surface area contributed by atoms with Crippen LogP contribution in [0.1, 0.15) is 26.2 Å². The van der Waals surface area contributed by atoms with Crippen LogP contribution in [0.2, 0.25) is 0 Å². The van der Waals surface area contributed by atoms with Gasteiger partial charge in [-0.3, -0.25) is 4.79 Å². The van der Waals surface area contributed by atoms with E-state index >= 15 is 0 Å². The molecule has 1 saturated heterocycles. The van der Waals surface area contributed by atoms with Gasteiger partial charge in [0, 0.05) is 39.9 Å². The minimum atomic E-state index is -3.25. The number of carbonyl (C=O) groups is 1. The Balaban J connectivity index is 0.00000441. The van der Waals surface area contributed by atoms with Crippen LogP contribution in [-0.4, -0.2) is 75.2 Å². The van der Waals surface area contributed by atoms with Gasteiger partial charge in [-0.05, 0) is 12.8 Å². The Kier molecular flexibility index (Phi) is 10.2. The molecule has 22 heavy (non-hydrogen) atoms. The van der Waals surface area contributed by atoms with E-state index in [9.17, 15) is 13.2 Å². The van der Waals surface area contributed by atoms with Gasteiger partial charge in [0.05, 0.1) is 11.8 Å². The van der Waals surface area contributed by atoms with E-state index in [1.165, 1.54) is 4.31 Å². The molecule has 0 aliphatic carbocycles. The molecule has 1 unspecified atom stereocenters. The topological polar surface area (TPSA) is 92.9 Å². The summed E-state index contributed by atoms with van der Waals surface area (Å²) in [6.07, 6.45) is 2.01. The predicted molar refractivity (Wildman–Crippen MR) is 88.6 cm³/mol. The third-order valence-electron chi connectivity index (χ3n) is 3.61. The monoisotopic (exact) mass is 357 g/mol. The van der Waals surface area contributed by atoms with Crippen molar-refractivity contribution < 1.29 is 17.9 Å². The van der Waals surface area contributed by atoms with Gasteiger partial charge >= 0.3 is 0 Å². The molecule has 0 aromatic heterocycles. The number of halogens is 1. The number of nitrogens with two attached hydrogens (primary N) is 1. The van der Waals surface area contributed by atoms with Crippen LogP contribution in [0.5, 0.6) is 0 Å². The Morgan fingerprint density at radius 1 is 1.27 bits per heavy atom. The van der Waals surface area contributed by atoms with Gasteiger partial charge in [-0.2, -0.15) is 4.31 Å². The van der Waals surface area contributed by atoms with E-state index in [0.717, 1.165) is 6.42 Å². The summed E-state index contributed by atoms with van der Waals surface area (Å²) in [6, 6.07) is -0.472. The largest absolute Gasteiger partial charge is 0.385 e. The van der Waals surface area contributed by atoms with Crippen LogP contribution in [0.3, 0.4) is 0 Å². The molecule has 7 nitrogen and oxygen atoms in total. The number of piperazine rings is 1. The zero-order valence-electron chi connectivity index (χ0n) is 13.4. The highest BCUT2D eigenvalue weighted by Gasteiger charge is 2.29. The number of carbonyl (C=O) groups excluding carboxylic acids is 1. The average Bonchev–Trinajstić information content (AvgIpc) is 2.47. The molecule has 1 aliphatic rings. The fraction of sp³-hybridized carbons (Fsp3) is 0.923. The van der Waals surface area contributed by atoms with E-state index in [1.807, 2.05) is 6.92 Å². The zero-order chi connectivity index (χ0) is 15.9. The molecule has 0 spiro atoms. The molecule has 1 fully saturated rings. The van der Waals surface area contributed by atoms with Crippen LogP contribution in [0.25, 0.3) is 0 Å². The van der Waals surface area contributed by atoms with Gasteiger partial charge in [-0.1, -0.05) is 13.3 Å². The molecule has 0 aromatic carbocycles. The summed E-state index contributed by atoms with van der Waals surface area (Å²) in [7, 11) is -1.70. The Morgan fingerprint density at radius 3 is 2.36 bits per heavy atom. The molecule has 1 heterocycles. The molecule has 0 aromatic rings. The van der Waals surface area contributed by atoms with Crippen molar-refractivity contribution in [1.82, 2.24) is 9.21 Å². The molecule has 1 rings (SSSR count). The molecular weight excluding hydrogens is 330 g/mol. The van der Waals surface area contributed by atoms with Gasteiger partial charge < -0.3 is 15.4 Å². The van der Waals surface area contributed by atoms with Crippen LogP contribution in [0.15, 0.2) is 0 Å². The number of hydrogen-bond donors (Lipinski definition) is 1. The summed E-state index contributed by atoms with van der Waals surface area (Å²) in [5, 5.41) is 0. The van der Waals surface area contributed by atoms with Crippen LogP contribution in [0, 0.1) is 0 Å². The Bertz CT molecular complexity index is 425. The summed E-state index contributed by atoms with van der Waals surface area (Å²) in [5.41, 5.74) is 5.82.